The molecule has 0 bridgehead atoms. The molecule has 14 heavy (non-hydrogen) atoms. The summed E-state index contributed by atoms with van der Waals surface area (Å²) in [6, 6.07) is -0.320. The maximum Gasteiger partial charge on any atom is 0.223 e. The van der Waals surface area contributed by atoms with Crippen molar-refractivity contribution in [3.63, 3.8) is 0 Å². The minimum absolute atomic E-state index is 0.0292. The van der Waals surface area contributed by atoms with Crippen LogP contribution < -0.4 is 5.32 Å². The van der Waals surface area contributed by atoms with E-state index >= 15 is 0 Å². The summed E-state index contributed by atoms with van der Waals surface area (Å²) in [6.07, 6.45) is 3.41. The lowest BCUT2D eigenvalue weighted by atomic mass is 10.0. The van der Waals surface area contributed by atoms with Crippen LogP contribution in [0.1, 0.15) is 33.1 Å². The fourth-order valence-corrected chi connectivity index (χ4v) is 2.36. The predicted molar refractivity (Wildman–Crippen MR) is 52.6 cm³/mol. The number of carbonyl (C=O) groups is 2. The molecule has 0 aliphatic heterocycles. The van der Waals surface area contributed by atoms with Gasteiger partial charge in [-0.25, -0.2) is 0 Å². The van der Waals surface area contributed by atoms with Gasteiger partial charge in [0, 0.05) is 5.92 Å². The first-order valence-corrected chi connectivity index (χ1v) is 5.38. The third kappa shape index (κ3) is 1.81. The van der Waals surface area contributed by atoms with Crippen molar-refractivity contribution < 1.29 is 9.59 Å². The molecule has 0 aromatic rings. The Morgan fingerprint density at radius 2 is 1.79 bits per heavy atom. The highest BCUT2D eigenvalue weighted by atomic mass is 16.2. The molecule has 3 atom stereocenters. The molecule has 2 aliphatic carbocycles. The average Bonchev–Trinajstić information content (AvgIpc) is 2.73. The van der Waals surface area contributed by atoms with E-state index in [0.29, 0.717) is 0 Å². The van der Waals surface area contributed by atoms with E-state index in [-0.39, 0.29) is 23.7 Å². The Bertz CT molecular complexity index is 264. The number of rotatable bonds is 3. The van der Waals surface area contributed by atoms with Crippen LogP contribution in [0.4, 0.5) is 0 Å². The van der Waals surface area contributed by atoms with E-state index in [1.807, 2.05) is 0 Å². The van der Waals surface area contributed by atoms with Gasteiger partial charge >= 0.3 is 0 Å². The van der Waals surface area contributed by atoms with E-state index in [1.54, 1.807) is 6.92 Å². The molecule has 0 saturated heterocycles. The Kier molecular flexibility index (Phi) is 2.33. The summed E-state index contributed by atoms with van der Waals surface area (Å²) in [6.45, 7) is 3.26. The number of Topliss-reactive ketones (excluding diaryl/α,β-unsaturated/α-hetero) is 1. The van der Waals surface area contributed by atoms with E-state index in [1.165, 1.54) is 13.3 Å². The normalized spacial score (nSPS) is 36.0. The summed E-state index contributed by atoms with van der Waals surface area (Å²) < 4.78 is 0. The molecule has 3 unspecified atom stereocenters. The number of ketones is 1. The van der Waals surface area contributed by atoms with E-state index < -0.39 is 0 Å². The Labute approximate surface area is 84.2 Å². The number of fused-ring (bicyclic) bond motifs is 1. The lowest BCUT2D eigenvalue weighted by Gasteiger charge is -2.15. The largest absolute Gasteiger partial charge is 0.346 e. The first-order chi connectivity index (χ1) is 6.58. The molecule has 1 N–H and O–H groups in total. The third-order valence-corrected chi connectivity index (χ3v) is 3.58. The second-order valence-corrected chi connectivity index (χ2v) is 4.77. The van der Waals surface area contributed by atoms with Gasteiger partial charge in [0.15, 0.2) is 5.78 Å². The van der Waals surface area contributed by atoms with Gasteiger partial charge < -0.3 is 5.32 Å². The van der Waals surface area contributed by atoms with Crippen molar-refractivity contribution in [2.75, 3.05) is 0 Å². The van der Waals surface area contributed by atoms with E-state index in [0.717, 1.165) is 24.7 Å². The molecule has 1 amide bonds. The minimum Gasteiger partial charge on any atom is -0.346 e. The van der Waals surface area contributed by atoms with Crippen molar-refractivity contribution >= 4 is 11.7 Å². The van der Waals surface area contributed by atoms with Crippen molar-refractivity contribution in [2.24, 2.45) is 17.8 Å². The highest BCUT2D eigenvalue weighted by molar-refractivity contribution is 5.88. The van der Waals surface area contributed by atoms with Crippen LogP contribution in [0.5, 0.6) is 0 Å². The van der Waals surface area contributed by atoms with Gasteiger partial charge in [0.1, 0.15) is 0 Å². The lowest BCUT2D eigenvalue weighted by Crippen LogP contribution is -2.40. The van der Waals surface area contributed by atoms with Crippen LogP contribution in [0.3, 0.4) is 0 Å². The molecule has 78 valence electrons. The van der Waals surface area contributed by atoms with Crippen molar-refractivity contribution in [2.45, 2.75) is 39.2 Å². The molecule has 2 saturated carbocycles. The van der Waals surface area contributed by atoms with Crippen LogP contribution in [0.15, 0.2) is 0 Å². The van der Waals surface area contributed by atoms with Crippen LogP contribution >= 0.6 is 0 Å². The van der Waals surface area contributed by atoms with Gasteiger partial charge in [0.2, 0.25) is 5.91 Å². The quantitative estimate of drug-likeness (QED) is 0.733. The first kappa shape index (κ1) is 9.69. The zero-order valence-corrected chi connectivity index (χ0v) is 8.75. The number of carbonyl (C=O) groups excluding carboxylic acids is 2. The molecule has 0 radical (unpaired) electrons. The van der Waals surface area contributed by atoms with Gasteiger partial charge in [0.05, 0.1) is 6.04 Å². The molecule has 0 aromatic carbocycles. The summed E-state index contributed by atoms with van der Waals surface area (Å²) >= 11 is 0. The average molecular weight is 195 g/mol. The number of nitrogens with one attached hydrogen (secondary N) is 1. The second kappa shape index (κ2) is 3.37. The lowest BCUT2D eigenvalue weighted by molar-refractivity contribution is -0.129. The fourth-order valence-electron chi connectivity index (χ4n) is 2.36. The minimum atomic E-state index is -0.320. The van der Waals surface area contributed by atoms with Crippen LogP contribution in [-0.4, -0.2) is 17.7 Å². The number of hydrogen-bond donors (Lipinski definition) is 1. The molecule has 2 fully saturated rings. The molecule has 3 heteroatoms. The summed E-state index contributed by atoms with van der Waals surface area (Å²) in [5.41, 5.74) is 0. The highest BCUT2D eigenvalue weighted by Gasteiger charge is 2.48. The van der Waals surface area contributed by atoms with Crippen LogP contribution in [0.25, 0.3) is 0 Å². The molecule has 0 heterocycles. The maximum atomic E-state index is 11.7. The van der Waals surface area contributed by atoms with Crippen molar-refractivity contribution in [1.29, 1.82) is 0 Å². The van der Waals surface area contributed by atoms with E-state index in [2.05, 4.69) is 5.32 Å². The van der Waals surface area contributed by atoms with Crippen LogP contribution in [0, 0.1) is 17.8 Å². The Morgan fingerprint density at radius 3 is 2.29 bits per heavy atom. The van der Waals surface area contributed by atoms with Crippen LogP contribution in [-0.2, 0) is 9.59 Å². The molecule has 2 aliphatic rings. The summed E-state index contributed by atoms with van der Waals surface area (Å²) in [7, 11) is 0. The Hall–Kier alpha value is -0.860. The zero-order chi connectivity index (χ0) is 10.3. The van der Waals surface area contributed by atoms with Crippen molar-refractivity contribution in [3.05, 3.63) is 0 Å². The molecular formula is C11H17NO2. The smallest absolute Gasteiger partial charge is 0.223 e. The molecule has 0 spiro atoms. The Balaban J connectivity index is 1.81. The van der Waals surface area contributed by atoms with Crippen LogP contribution in [0.2, 0.25) is 0 Å². The molecule has 0 aromatic heterocycles. The van der Waals surface area contributed by atoms with Gasteiger partial charge in [0.25, 0.3) is 0 Å². The standard InChI is InChI=1S/C11H17NO2/c1-6(7(2)13)12-11(14)10-4-8-3-9(8)5-10/h6,8-10H,3-5H2,1-2H3,(H,12,14). The SMILES string of the molecule is CC(=O)C(C)NC(=O)C1CC2CC2C1. The molecular weight excluding hydrogens is 178 g/mol. The highest BCUT2D eigenvalue weighted by Crippen LogP contribution is 2.54. The summed E-state index contributed by atoms with van der Waals surface area (Å²) in [5.74, 6) is 1.93. The fraction of sp³-hybridized carbons (Fsp3) is 0.818. The summed E-state index contributed by atoms with van der Waals surface area (Å²) in [4.78, 5) is 22.6. The van der Waals surface area contributed by atoms with Gasteiger partial charge in [-0.3, -0.25) is 9.59 Å². The van der Waals surface area contributed by atoms with Gasteiger partial charge in [-0.1, -0.05) is 0 Å². The first-order valence-electron chi connectivity index (χ1n) is 5.38. The number of hydrogen-bond acceptors (Lipinski definition) is 2. The molecule has 2 rings (SSSR count). The maximum absolute atomic E-state index is 11.7. The zero-order valence-electron chi connectivity index (χ0n) is 8.75. The van der Waals surface area contributed by atoms with E-state index in [4.69, 9.17) is 0 Å². The van der Waals surface area contributed by atoms with Gasteiger partial charge in [-0.2, -0.15) is 0 Å². The van der Waals surface area contributed by atoms with Crippen molar-refractivity contribution in [3.8, 4) is 0 Å². The van der Waals surface area contributed by atoms with E-state index in [9.17, 15) is 9.59 Å². The topological polar surface area (TPSA) is 46.2 Å². The second-order valence-electron chi connectivity index (χ2n) is 4.77. The predicted octanol–water partition coefficient (Wildman–Crippen LogP) is 1.13. The molecule has 3 nitrogen and oxygen atoms in total. The van der Waals surface area contributed by atoms with Crippen molar-refractivity contribution in [1.82, 2.24) is 5.32 Å². The van der Waals surface area contributed by atoms with Gasteiger partial charge in [-0.05, 0) is 44.9 Å². The monoisotopic (exact) mass is 195 g/mol. The number of amides is 1. The Morgan fingerprint density at radius 1 is 1.21 bits per heavy atom. The summed E-state index contributed by atoms with van der Waals surface area (Å²) in [5, 5.41) is 2.77. The third-order valence-electron chi connectivity index (χ3n) is 3.58. The van der Waals surface area contributed by atoms with Gasteiger partial charge in [-0.15, -0.1) is 0 Å².